The molecule has 1 saturated heterocycles. The number of nitrogens with one attached hydrogen (secondary N) is 1. The first kappa shape index (κ1) is 13.8. The molecule has 1 aromatic rings. The van der Waals surface area contributed by atoms with Crippen LogP contribution in [0.1, 0.15) is 11.1 Å². The first-order chi connectivity index (χ1) is 9.24. The monoisotopic (exact) mass is 263 g/mol. The van der Waals surface area contributed by atoms with E-state index in [9.17, 15) is 4.39 Å². The van der Waals surface area contributed by atoms with Crippen molar-refractivity contribution >= 4 is 0 Å². The second-order valence-electron chi connectivity index (χ2n) is 4.61. The molecule has 1 heterocycles. The van der Waals surface area contributed by atoms with Crippen LogP contribution >= 0.6 is 0 Å². The molecule has 0 unspecified atom stereocenters. The normalized spacial score (nSPS) is 16.1. The van der Waals surface area contributed by atoms with Gasteiger partial charge in [0.25, 0.3) is 0 Å². The smallest absolute Gasteiger partial charge is 0.172 e. The molecule has 2 rings (SSSR count). The molecule has 102 valence electrons. The van der Waals surface area contributed by atoms with E-state index in [1.807, 2.05) is 6.07 Å². The van der Waals surface area contributed by atoms with E-state index in [4.69, 9.17) is 10.00 Å². The molecule has 0 radical (unpaired) electrons. The Hall–Kier alpha value is -1.64. The van der Waals surface area contributed by atoms with Gasteiger partial charge < -0.3 is 15.0 Å². The van der Waals surface area contributed by atoms with Crippen molar-refractivity contribution in [2.45, 2.75) is 6.42 Å². The Morgan fingerprint density at radius 3 is 2.79 bits per heavy atom. The number of ether oxygens (including phenoxy) is 1. The fourth-order valence-electron chi connectivity index (χ4n) is 2.31. The zero-order valence-electron chi connectivity index (χ0n) is 11.1. The average molecular weight is 263 g/mol. The Balaban J connectivity index is 2.04. The fourth-order valence-corrected chi connectivity index (χ4v) is 2.31. The third-order valence-electron chi connectivity index (χ3n) is 3.35. The van der Waals surface area contributed by atoms with Gasteiger partial charge in [0.2, 0.25) is 0 Å². The number of piperazine rings is 1. The van der Waals surface area contributed by atoms with Crippen LogP contribution in [0.3, 0.4) is 0 Å². The molecule has 0 spiro atoms. The standard InChI is InChI=1S/C14H18FN3O/c1-19-14-12(10-16)8-11(9-13(14)15)2-5-18-6-3-17-4-7-18/h8-9,17H,2-7H2,1H3. The van der Waals surface area contributed by atoms with Crippen molar-refractivity contribution in [2.75, 3.05) is 39.8 Å². The topological polar surface area (TPSA) is 48.3 Å². The van der Waals surface area contributed by atoms with Gasteiger partial charge in [-0.05, 0) is 24.1 Å². The number of methoxy groups -OCH3 is 1. The number of hydrogen-bond acceptors (Lipinski definition) is 4. The quantitative estimate of drug-likeness (QED) is 0.885. The maximum absolute atomic E-state index is 13.8. The molecule has 0 aromatic heterocycles. The molecular weight excluding hydrogens is 245 g/mol. The van der Waals surface area contributed by atoms with Crippen molar-refractivity contribution in [3.8, 4) is 11.8 Å². The fraction of sp³-hybridized carbons (Fsp3) is 0.500. The van der Waals surface area contributed by atoms with E-state index in [1.165, 1.54) is 13.2 Å². The Kier molecular flexibility index (Phi) is 4.72. The number of nitrogens with zero attached hydrogens (tertiary/aromatic N) is 2. The van der Waals surface area contributed by atoms with Crippen molar-refractivity contribution in [3.05, 3.63) is 29.1 Å². The molecular formula is C14H18FN3O. The van der Waals surface area contributed by atoms with Crippen molar-refractivity contribution < 1.29 is 9.13 Å². The van der Waals surface area contributed by atoms with Gasteiger partial charge in [-0.25, -0.2) is 4.39 Å². The summed E-state index contributed by atoms with van der Waals surface area (Å²) in [5.41, 5.74) is 1.10. The second-order valence-corrected chi connectivity index (χ2v) is 4.61. The van der Waals surface area contributed by atoms with E-state index in [0.717, 1.165) is 44.7 Å². The van der Waals surface area contributed by atoms with Gasteiger partial charge in [0, 0.05) is 32.7 Å². The molecule has 19 heavy (non-hydrogen) atoms. The summed E-state index contributed by atoms with van der Waals surface area (Å²) in [6.45, 7) is 4.92. The number of halogens is 1. The third-order valence-corrected chi connectivity index (χ3v) is 3.35. The Labute approximate surface area is 112 Å². The average Bonchev–Trinajstić information content (AvgIpc) is 2.45. The van der Waals surface area contributed by atoms with Gasteiger partial charge in [0.1, 0.15) is 6.07 Å². The predicted molar refractivity (Wildman–Crippen MR) is 70.7 cm³/mol. The van der Waals surface area contributed by atoms with E-state index in [1.54, 1.807) is 6.07 Å². The molecule has 1 aliphatic heterocycles. The highest BCUT2D eigenvalue weighted by Gasteiger charge is 2.13. The lowest BCUT2D eigenvalue weighted by molar-refractivity contribution is 0.244. The highest BCUT2D eigenvalue weighted by atomic mass is 19.1. The summed E-state index contributed by atoms with van der Waals surface area (Å²) in [6.07, 6.45) is 0.746. The molecule has 0 amide bonds. The van der Waals surface area contributed by atoms with Crippen molar-refractivity contribution in [3.63, 3.8) is 0 Å². The molecule has 0 aliphatic carbocycles. The van der Waals surface area contributed by atoms with Crippen molar-refractivity contribution in [1.29, 1.82) is 5.26 Å². The number of nitriles is 1. The first-order valence-electron chi connectivity index (χ1n) is 6.44. The predicted octanol–water partition coefficient (Wildman–Crippen LogP) is 1.15. The summed E-state index contributed by atoms with van der Waals surface area (Å²) in [4.78, 5) is 2.34. The van der Waals surface area contributed by atoms with Gasteiger partial charge in [-0.15, -0.1) is 0 Å². The van der Waals surface area contributed by atoms with Gasteiger partial charge in [-0.1, -0.05) is 0 Å². The van der Waals surface area contributed by atoms with Gasteiger partial charge in [0.15, 0.2) is 11.6 Å². The highest BCUT2D eigenvalue weighted by molar-refractivity contribution is 5.46. The van der Waals surface area contributed by atoms with Crippen LogP contribution in [-0.2, 0) is 6.42 Å². The molecule has 1 N–H and O–H groups in total. The molecule has 0 bridgehead atoms. The van der Waals surface area contributed by atoms with Crippen LogP contribution in [0.25, 0.3) is 0 Å². The van der Waals surface area contributed by atoms with E-state index < -0.39 is 5.82 Å². The zero-order valence-corrected chi connectivity index (χ0v) is 11.1. The summed E-state index contributed by atoms with van der Waals surface area (Å²) >= 11 is 0. The lowest BCUT2D eigenvalue weighted by atomic mass is 10.1. The van der Waals surface area contributed by atoms with Crippen LogP contribution in [0.2, 0.25) is 0 Å². The van der Waals surface area contributed by atoms with Crippen LogP contribution in [0, 0.1) is 17.1 Å². The molecule has 1 fully saturated rings. The largest absolute Gasteiger partial charge is 0.492 e. The van der Waals surface area contributed by atoms with Crippen LogP contribution in [0.15, 0.2) is 12.1 Å². The van der Waals surface area contributed by atoms with E-state index in [-0.39, 0.29) is 11.3 Å². The second kappa shape index (κ2) is 6.50. The summed E-state index contributed by atoms with van der Waals surface area (Å²) in [6, 6.07) is 5.15. The third kappa shape index (κ3) is 3.43. The summed E-state index contributed by atoms with van der Waals surface area (Å²) in [7, 11) is 1.37. The lowest BCUT2D eigenvalue weighted by Gasteiger charge is -2.27. The number of rotatable bonds is 4. The molecule has 0 saturated carbocycles. The SMILES string of the molecule is COc1c(F)cc(CCN2CCNCC2)cc1C#N. The minimum absolute atomic E-state index is 0.0356. The van der Waals surface area contributed by atoms with Crippen LogP contribution in [0.5, 0.6) is 5.75 Å². The Morgan fingerprint density at radius 1 is 1.42 bits per heavy atom. The van der Waals surface area contributed by atoms with Gasteiger partial charge >= 0.3 is 0 Å². The summed E-state index contributed by atoms with van der Waals surface area (Å²) < 4.78 is 18.7. The van der Waals surface area contributed by atoms with Crippen LogP contribution in [-0.4, -0.2) is 44.7 Å². The first-order valence-corrected chi connectivity index (χ1v) is 6.44. The Morgan fingerprint density at radius 2 is 2.16 bits per heavy atom. The van der Waals surface area contributed by atoms with Crippen LogP contribution in [0.4, 0.5) is 4.39 Å². The summed E-state index contributed by atoms with van der Waals surface area (Å²) in [5, 5.41) is 12.3. The highest BCUT2D eigenvalue weighted by Crippen LogP contribution is 2.24. The van der Waals surface area contributed by atoms with Gasteiger partial charge in [0.05, 0.1) is 12.7 Å². The van der Waals surface area contributed by atoms with Crippen molar-refractivity contribution in [1.82, 2.24) is 10.2 Å². The van der Waals surface area contributed by atoms with Gasteiger partial charge in [-0.2, -0.15) is 5.26 Å². The maximum atomic E-state index is 13.8. The number of hydrogen-bond donors (Lipinski definition) is 1. The van der Waals surface area contributed by atoms with Gasteiger partial charge in [-0.3, -0.25) is 0 Å². The number of benzene rings is 1. The molecule has 1 aromatic carbocycles. The Bertz CT molecular complexity index is 478. The molecule has 5 heteroatoms. The van der Waals surface area contributed by atoms with E-state index in [2.05, 4.69) is 10.2 Å². The van der Waals surface area contributed by atoms with E-state index in [0.29, 0.717) is 0 Å². The molecule has 1 aliphatic rings. The minimum Gasteiger partial charge on any atom is -0.492 e. The van der Waals surface area contributed by atoms with E-state index >= 15 is 0 Å². The summed E-state index contributed by atoms with van der Waals surface area (Å²) in [5.74, 6) is -0.426. The zero-order chi connectivity index (χ0) is 13.7. The minimum atomic E-state index is -0.461. The van der Waals surface area contributed by atoms with Crippen molar-refractivity contribution in [2.24, 2.45) is 0 Å². The molecule has 4 nitrogen and oxygen atoms in total. The lowest BCUT2D eigenvalue weighted by Crippen LogP contribution is -2.44. The van der Waals surface area contributed by atoms with Crippen LogP contribution < -0.4 is 10.1 Å². The molecule has 0 atom stereocenters. The maximum Gasteiger partial charge on any atom is 0.172 e.